The van der Waals surface area contributed by atoms with Crippen molar-refractivity contribution >= 4 is 15.7 Å². The van der Waals surface area contributed by atoms with Crippen molar-refractivity contribution in [2.45, 2.75) is 25.7 Å². The first kappa shape index (κ1) is 14.9. The summed E-state index contributed by atoms with van der Waals surface area (Å²) in [6.45, 7) is 6.87. The molecule has 0 aliphatic carbocycles. The maximum Gasteiger partial charge on any atom is 0.238 e. The fourth-order valence-corrected chi connectivity index (χ4v) is 1.85. The molecule has 1 atom stereocenters. The molecule has 18 heavy (non-hydrogen) atoms. The fourth-order valence-electron chi connectivity index (χ4n) is 1.32. The van der Waals surface area contributed by atoms with E-state index in [0.29, 0.717) is 18.4 Å². The second kappa shape index (κ2) is 5.67. The zero-order chi connectivity index (χ0) is 13.9. The number of hydrogen-bond donors (Lipinski definition) is 2. The minimum Gasteiger partial charge on any atom is -0.382 e. The lowest BCUT2D eigenvalue weighted by atomic mass is 9.98. The molecule has 0 spiro atoms. The summed E-state index contributed by atoms with van der Waals surface area (Å²) in [5.41, 5.74) is 0.287. The summed E-state index contributed by atoms with van der Waals surface area (Å²) in [6, 6.07) is 3.61. The second-order valence-corrected chi connectivity index (χ2v) is 6.35. The summed E-state index contributed by atoms with van der Waals surface area (Å²) < 4.78 is 35.7. The van der Waals surface area contributed by atoms with E-state index in [4.69, 9.17) is 5.14 Å². The van der Waals surface area contributed by atoms with Crippen molar-refractivity contribution in [2.24, 2.45) is 17.0 Å². The van der Waals surface area contributed by atoms with E-state index in [1.54, 1.807) is 0 Å². The Morgan fingerprint density at radius 3 is 2.39 bits per heavy atom. The molecule has 1 aromatic carbocycles. The SMILES string of the molecule is CC(C)C(C)CNc1ccc(S(N)(=O)=O)cc1F. The van der Waals surface area contributed by atoms with Crippen molar-refractivity contribution in [1.82, 2.24) is 0 Å². The van der Waals surface area contributed by atoms with Crippen molar-refractivity contribution < 1.29 is 12.8 Å². The summed E-state index contributed by atoms with van der Waals surface area (Å²) in [5, 5.41) is 7.88. The third-order valence-corrected chi connectivity index (χ3v) is 3.93. The number of nitrogens with one attached hydrogen (secondary N) is 1. The van der Waals surface area contributed by atoms with E-state index in [1.807, 2.05) is 0 Å². The van der Waals surface area contributed by atoms with Crippen molar-refractivity contribution in [3.05, 3.63) is 24.0 Å². The van der Waals surface area contributed by atoms with Crippen LogP contribution in [0.1, 0.15) is 20.8 Å². The minimum atomic E-state index is -3.85. The predicted molar refractivity (Wildman–Crippen MR) is 70.3 cm³/mol. The molecule has 0 amide bonds. The smallest absolute Gasteiger partial charge is 0.238 e. The first-order valence-electron chi connectivity index (χ1n) is 5.78. The molecular weight excluding hydrogens is 255 g/mol. The van der Waals surface area contributed by atoms with Crippen molar-refractivity contribution in [3.63, 3.8) is 0 Å². The number of halogens is 1. The Morgan fingerprint density at radius 2 is 1.94 bits per heavy atom. The van der Waals surface area contributed by atoms with Gasteiger partial charge in [0.05, 0.1) is 10.6 Å². The Labute approximate surface area is 107 Å². The van der Waals surface area contributed by atoms with E-state index in [1.165, 1.54) is 12.1 Å². The molecule has 1 aromatic rings. The van der Waals surface area contributed by atoms with E-state index in [-0.39, 0.29) is 10.6 Å². The highest BCUT2D eigenvalue weighted by Crippen LogP contribution is 2.19. The van der Waals surface area contributed by atoms with E-state index in [0.717, 1.165) is 6.07 Å². The van der Waals surface area contributed by atoms with Gasteiger partial charge in [-0.3, -0.25) is 0 Å². The first-order chi connectivity index (χ1) is 8.21. The van der Waals surface area contributed by atoms with Crippen LogP contribution in [0.2, 0.25) is 0 Å². The maximum absolute atomic E-state index is 13.6. The Kier molecular flexibility index (Phi) is 4.70. The van der Waals surface area contributed by atoms with Crippen molar-refractivity contribution in [3.8, 4) is 0 Å². The Morgan fingerprint density at radius 1 is 1.33 bits per heavy atom. The largest absolute Gasteiger partial charge is 0.382 e. The lowest BCUT2D eigenvalue weighted by molar-refractivity contribution is 0.439. The number of primary sulfonamides is 1. The van der Waals surface area contributed by atoms with Crippen LogP contribution < -0.4 is 10.5 Å². The van der Waals surface area contributed by atoms with Gasteiger partial charge in [-0.2, -0.15) is 0 Å². The van der Waals surface area contributed by atoms with Crippen molar-refractivity contribution in [2.75, 3.05) is 11.9 Å². The normalized spacial score (nSPS) is 13.7. The molecule has 6 heteroatoms. The summed E-state index contributed by atoms with van der Waals surface area (Å²) in [5.74, 6) is 0.268. The van der Waals surface area contributed by atoms with Crippen LogP contribution in [0.3, 0.4) is 0 Å². The van der Waals surface area contributed by atoms with Crippen LogP contribution >= 0.6 is 0 Å². The number of sulfonamides is 1. The molecule has 102 valence electrons. The number of nitrogens with two attached hydrogens (primary N) is 1. The van der Waals surface area contributed by atoms with Gasteiger partial charge in [0.15, 0.2) is 0 Å². The van der Waals surface area contributed by atoms with Gasteiger partial charge < -0.3 is 5.32 Å². The van der Waals surface area contributed by atoms with Gasteiger partial charge >= 0.3 is 0 Å². The molecule has 0 aliphatic heterocycles. The fraction of sp³-hybridized carbons (Fsp3) is 0.500. The topological polar surface area (TPSA) is 72.2 Å². The van der Waals surface area contributed by atoms with E-state index >= 15 is 0 Å². The highest BCUT2D eigenvalue weighted by molar-refractivity contribution is 7.89. The molecule has 3 N–H and O–H groups in total. The van der Waals surface area contributed by atoms with Crippen LogP contribution in [0.4, 0.5) is 10.1 Å². The van der Waals surface area contributed by atoms with Crippen LogP contribution in [-0.4, -0.2) is 15.0 Å². The molecule has 1 unspecified atom stereocenters. The molecule has 4 nitrogen and oxygen atoms in total. The van der Waals surface area contributed by atoms with Crippen LogP contribution in [0, 0.1) is 17.7 Å². The van der Waals surface area contributed by atoms with E-state index < -0.39 is 15.8 Å². The second-order valence-electron chi connectivity index (χ2n) is 4.79. The molecule has 0 radical (unpaired) electrons. The molecular formula is C12H19FN2O2S. The summed E-state index contributed by atoms with van der Waals surface area (Å²) in [7, 11) is -3.85. The van der Waals surface area contributed by atoms with Crippen LogP contribution in [0.25, 0.3) is 0 Å². The summed E-state index contributed by atoms with van der Waals surface area (Å²) in [4.78, 5) is -0.220. The summed E-state index contributed by atoms with van der Waals surface area (Å²) >= 11 is 0. The number of hydrogen-bond acceptors (Lipinski definition) is 3. The van der Waals surface area contributed by atoms with Gasteiger partial charge in [-0.05, 0) is 30.0 Å². The standard InChI is InChI=1S/C12H19FN2O2S/c1-8(2)9(3)7-15-12-5-4-10(6-11(12)13)18(14,16)17/h4-6,8-9,15H,7H2,1-3H3,(H2,14,16,17). The molecule has 0 heterocycles. The van der Waals surface area contributed by atoms with Crippen LogP contribution in [0.15, 0.2) is 23.1 Å². The van der Waals surface area contributed by atoms with Gasteiger partial charge in [-0.1, -0.05) is 20.8 Å². The molecule has 0 aromatic heterocycles. The zero-order valence-corrected chi connectivity index (χ0v) is 11.6. The van der Waals surface area contributed by atoms with Crippen LogP contribution in [0.5, 0.6) is 0 Å². The molecule has 0 fully saturated rings. The third-order valence-electron chi connectivity index (χ3n) is 3.02. The first-order valence-corrected chi connectivity index (χ1v) is 7.32. The van der Waals surface area contributed by atoms with Gasteiger partial charge in [0, 0.05) is 6.54 Å². The van der Waals surface area contributed by atoms with Crippen LogP contribution in [-0.2, 0) is 10.0 Å². The third kappa shape index (κ3) is 3.96. The predicted octanol–water partition coefficient (Wildman–Crippen LogP) is 2.18. The monoisotopic (exact) mass is 274 g/mol. The van der Waals surface area contributed by atoms with E-state index in [2.05, 4.69) is 26.1 Å². The lowest BCUT2D eigenvalue weighted by Gasteiger charge is -2.17. The number of rotatable bonds is 5. The molecule has 0 saturated heterocycles. The Balaban J connectivity index is 2.81. The highest BCUT2D eigenvalue weighted by atomic mass is 32.2. The van der Waals surface area contributed by atoms with Gasteiger partial charge in [0.2, 0.25) is 10.0 Å². The summed E-state index contributed by atoms with van der Waals surface area (Å²) in [6.07, 6.45) is 0. The minimum absolute atomic E-state index is 0.220. The van der Waals surface area contributed by atoms with E-state index in [9.17, 15) is 12.8 Å². The highest BCUT2D eigenvalue weighted by Gasteiger charge is 2.12. The lowest BCUT2D eigenvalue weighted by Crippen LogP contribution is -2.17. The molecule has 1 rings (SSSR count). The number of benzene rings is 1. The van der Waals surface area contributed by atoms with Crippen molar-refractivity contribution in [1.29, 1.82) is 0 Å². The zero-order valence-electron chi connectivity index (χ0n) is 10.8. The molecule has 0 aliphatic rings. The van der Waals surface area contributed by atoms with Gasteiger partial charge in [-0.15, -0.1) is 0 Å². The number of anilines is 1. The average Bonchev–Trinajstić information content (AvgIpc) is 2.25. The Bertz CT molecular complexity index is 515. The quantitative estimate of drug-likeness (QED) is 0.864. The van der Waals surface area contributed by atoms with Gasteiger partial charge in [0.25, 0.3) is 0 Å². The Hall–Kier alpha value is -1.14. The van der Waals surface area contributed by atoms with Gasteiger partial charge in [0.1, 0.15) is 5.82 Å². The maximum atomic E-state index is 13.6. The molecule has 0 bridgehead atoms. The average molecular weight is 274 g/mol. The molecule has 0 saturated carbocycles. The van der Waals surface area contributed by atoms with Gasteiger partial charge in [-0.25, -0.2) is 17.9 Å².